The Morgan fingerprint density at radius 3 is 2.40 bits per heavy atom. The van der Waals surface area contributed by atoms with Crippen LogP contribution < -0.4 is 14.8 Å². The second-order valence-corrected chi connectivity index (χ2v) is 6.02. The summed E-state index contributed by atoms with van der Waals surface area (Å²) in [4.78, 5) is 14.2. The van der Waals surface area contributed by atoms with Crippen LogP contribution in [0.1, 0.15) is 23.8 Å². The summed E-state index contributed by atoms with van der Waals surface area (Å²) in [6, 6.07) is 9.43. The molecule has 1 amide bonds. The van der Waals surface area contributed by atoms with Crippen molar-refractivity contribution in [3.8, 4) is 11.5 Å². The van der Waals surface area contributed by atoms with Gasteiger partial charge in [0.05, 0.1) is 26.5 Å². The molecule has 0 bridgehead atoms. The average molecular weight is 346 g/mol. The Morgan fingerprint density at radius 2 is 1.88 bits per heavy atom. The second kappa shape index (κ2) is 9.13. The normalized spacial score (nSPS) is 12.0. The van der Waals surface area contributed by atoms with E-state index in [-0.39, 0.29) is 11.9 Å². The highest BCUT2D eigenvalue weighted by Crippen LogP contribution is 2.23. The van der Waals surface area contributed by atoms with E-state index in [1.165, 1.54) is 0 Å². The van der Waals surface area contributed by atoms with Crippen LogP contribution in [0.15, 0.2) is 41.0 Å². The summed E-state index contributed by atoms with van der Waals surface area (Å²) in [7, 11) is 7.15. The summed E-state index contributed by atoms with van der Waals surface area (Å²) < 4.78 is 16.0. The molecular weight excluding hydrogens is 320 g/mol. The van der Waals surface area contributed by atoms with E-state index in [0.29, 0.717) is 19.4 Å². The third-order valence-electron chi connectivity index (χ3n) is 4.04. The van der Waals surface area contributed by atoms with Gasteiger partial charge >= 0.3 is 0 Å². The number of benzene rings is 1. The van der Waals surface area contributed by atoms with Gasteiger partial charge in [0.1, 0.15) is 17.3 Å². The first-order valence-electron chi connectivity index (χ1n) is 8.22. The SMILES string of the molecule is COc1cc(CCC(=O)NCC(c2ccco2)N(C)C)cc(OC)c1. The lowest BCUT2D eigenvalue weighted by Gasteiger charge is -2.22. The Morgan fingerprint density at radius 1 is 1.20 bits per heavy atom. The number of furan rings is 1. The standard InChI is InChI=1S/C19H26N2O4/c1-21(2)17(18-6-5-9-25-18)13-20-19(22)8-7-14-10-15(23-3)12-16(11-14)24-4/h5-6,9-12,17H,7-8,13H2,1-4H3,(H,20,22). The highest BCUT2D eigenvalue weighted by Gasteiger charge is 2.17. The smallest absolute Gasteiger partial charge is 0.220 e. The number of amides is 1. The number of nitrogens with one attached hydrogen (secondary N) is 1. The summed E-state index contributed by atoms with van der Waals surface area (Å²) in [5.41, 5.74) is 1.00. The number of hydrogen-bond acceptors (Lipinski definition) is 5. The quantitative estimate of drug-likeness (QED) is 0.756. The molecule has 1 N–H and O–H groups in total. The molecule has 1 aromatic carbocycles. The predicted octanol–water partition coefficient (Wildman–Crippen LogP) is 2.65. The van der Waals surface area contributed by atoms with Crippen LogP contribution in [-0.4, -0.2) is 45.7 Å². The highest BCUT2D eigenvalue weighted by molar-refractivity contribution is 5.76. The number of ether oxygens (including phenoxy) is 2. The predicted molar refractivity (Wildman–Crippen MR) is 96.0 cm³/mol. The van der Waals surface area contributed by atoms with Gasteiger partial charge < -0.3 is 19.2 Å². The van der Waals surface area contributed by atoms with Gasteiger partial charge in [0, 0.05) is 19.0 Å². The molecule has 0 radical (unpaired) electrons. The van der Waals surface area contributed by atoms with Crippen LogP contribution in [0.5, 0.6) is 11.5 Å². The molecule has 0 saturated carbocycles. The molecule has 6 nitrogen and oxygen atoms in total. The first-order valence-corrected chi connectivity index (χ1v) is 8.22. The first kappa shape index (κ1) is 18.9. The van der Waals surface area contributed by atoms with E-state index in [4.69, 9.17) is 13.9 Å². The zero-order valence-corrected chi connectivity index (χ0v) is 15.2. The molecule has 0 aliphatic rings. The minimum Gasteiger partial charge on any atom is -0.497 e. The lowest BCUT2D eigenvalue weighted by molar-refractivity contribution is -0.121. The molecule has 1 unspecified atom stereocenters. The molecule has 25 heavy (non-hydrogen) atoms. The lowest BCUT2D eigenvalue weighted by Crippen LogP contribution is -2.34. The summed E-state index contributed by atoms with van der Waals surface area (Å²) >= 11 is 0. The van der Waals surface area contributed by atoms with E-state index < -0.39 is 0 Å². The molecule has 0 fully saturated rings. The summed E-state index contributed by atoms with van der Waals surface area (Å²) in [6.07, 6.45) is 2.66. The Balaban J connectivity index is 1.88. The van der Waals surface area contributed by atoms with E-state index in [1.807, 2.05) is 49.3 Å². The highest BCUT2D eigenvalue weighted by atomic mass is 16.5. The maximum atomic E-state index is 12.2. The fourth-order valence-electron chi connectivity index (χ4n) is 2.59. The van der Waals surface area contributed by atoms with Gasteiger partial charge in [-0.2, -0.15) is 0 Å². The van der Waals surface area contributed by atoms with Crippen molar-refractivity contribution in [1.29, 1.82) is 0 Å². The first-order chi connectivity index (χ1) is 12.0. The number of carbonyl (C=O) groups is 1. The van der Waals surface area contributed by atoms with E-state index >= 15 is 0 Å². The second-order valence-electron chi connectivity index (χ2n) is 6.02. The van der Waals surface area contributed by atoms with Crippen molar-refractivity contribution in [3.63, 3.8) is 0 Å². The molecule has 6 heteroatoms. The van der Waals surface area contributed by atoms with Gasteiger partial charge in [-0.1, -0.05) is 0 Å². The van der Waals surface area contributed by atoms with Gasteiger partial charge in [-0.3, -0.25) is 9.69 Å². The Kier molecular flexibility index (Phi) is 6.89. The van der Waals surface area contributed by atoms with Gasteiger partial charge in [0.2, 0.25) is 5.91 Å². The van der Waals surface area contributed by atoms with Gasteiger partial charge in [0.25, 0.3) is 0 Å². The molecule has 0 aliphatic carbocycles. The number of methoxy groups -OCH3 is 2. The van der Waals surface area contributed by atoms with Crippen molar-refractivity contribution in [2.45, 2.75) is 18.9 Å². The van der Waals surface area contributed by atoms with Crippen molar-refractivity contribution >= 4 is 5.91 Å². The summed E-state index contributed by atoms with van der Waals surface area (Å²) in [5.74, 6) is 2.28. The summed E-state index contributed by atoms with van der Waals surface area (Å²) in [6.45, 7) is 0.501. The zero-order valence-electron chi connectivity index (χ0n) is 15.2. The van der Waals surface area contributed by atoms with E-state index in [1.54, 1.807) is 20.5 Å². The van der Waals surface area contributed by atoms with Crippen LogP contribution in [0.2, 0.25) is 0 Å². The molecule has 0 spiro atoms. The maximum Gasteiger partial charge on any atom is 0.220 e. The molecular formula is C19H26N2O4. The van der Waals surface area contributed by atoms with Crippen molar-refractivity contribution in [2.75, 3.05) is 34.9 Å². The van der Waals surface area contributed by atoms with Gasteiger partial charge in [-0.15, -0.1) is 0 Å². The van der Waals surface area contributed by atoms with Crippen LogP contribution in [-0.2, 0) is 11.2 Å². The Hall–Kier alpha value is -2.47. The van der Waals surface area contributed by atoms with Crippen molar-refractivity contribution < 1.29 is 18.7 Å². The minimum absolute atomic E-state index is 0.000179. The van der Waals surface area contributed by atoms with Gasteiger partial charge in [-0.05, 0) is 50.3 Å². The molecule has 0 aliphatic heterocycles. The van der Waals surface area contributed by atoms with Gasteiger partial charge in [-0.25, -0.2) is 0 Å². The van der Waals surface area contributed by atoms with Gasteiger partial charge in [0.15, 0.2) is 0 Å². The third kappa shape index (κ3) is 5.53. The number of aryl methyl sites for hydroxylation is 1. The molecule has 1 atom stereocenters. The molecule has 1 aromatic heterocycles. The fraction of sp³-hybridized carbons (Fsp3) is 0.421. The number of hydrogen-bond donors (Lipinski definition) is 1. The lowest BCUT2D eigenvalue weighted by atomic mass is 10.1. The number of nitrogens with zero attached hydrogens (tertiary/aromatic N) is 1. The van der Waals surface area contributed by atoms with Crippen molar-refractivity contribution in [2.24, 2.45) is 0 Å². The molecule has 0 saturated heterocycles. The molecule has 136 valence electrons. The van der Waals surface area contributed by atoms with Crippen LogP contribution in [0.4, 0.5) is 0 Å². The van der Waals surface area contributed by atoms with Crippen molar-refractivity contribution in [1.82, 2.24) is 10.2 Å². The fourth-order valence-corrected chi connectivity index (χ4v) is 2.59. The van der Waals surface area contributed by atoms with E-state index in [9.17, 15) is 4.79 Å². The number of rotatable bonds is 9. The Labute approximate surface area is 148 Å². The average Bonchev–Trinajstić information content (AvgIpc) is 3.13. The number of likely N-dealkylation sites (N-methyl/N-ethyl adjacent to an activating group) is 1. The largest absolute Gasteiger partial charge is 0.497 e. The van der Waals surface area contributed by atoms with E-state index in [2.05, 4.69) is 5.32 Å². The van der Waals surface area contributed by atoms with E-state index in [0.717, 1.165) is 22.8 Å². The third-order valence-corrected chi connectivity index (χ3v) is 4.04. The minimum atomic E-state index is 0.000179. The van der Waals surface area contributed by atoms with Crippen LogP contribution in [0, 0.1) is 0 Å². The van der Waals surface area contributed by atoms with Crippen LogP contribution in [0.25, 0.3) is 0 Å². The topological polar surface area (TPSA) is 63.9 Å². The monoisotopic (exact) mass is 346 g/mol. The molecule has 2 aromatic rings. The molecule has 2 rings (SSSR count). The van der Waals surface area contributed by atoms with Crippen molar-refractivity contribution in [3.05, 3.63) is 47.9 Å². The zero-order chi connectivity index (χ0) is 18.2. The summed E-state index contributed by atoms with van der Waals surface area (Å²) in [5, 5.41) is 2.98. The maximum absolute atomic E-state index is 12.2. The Bertz CT molecular complexity index is 646. The molecule has 1 heterocycles. The van der Waals surface area contributed by atoms with Crippen LogP contribution >= 0.6 is 0 Å². The van der Waals surface area contributed by atoms with Crippen LogP contribution in [0.3, 0.4) is 0 Å². The number of carbonyl (C=O) groups excluding carboxylic acids is 1.